The first-order valence-corrected chi connectivity index (χ1v) is 4.34. The molecule has 72 valence electrons. The summed E-state index contributed by atoms with van der Waals surface area (Å²) < 4.78 is 1.50. The zero-order chi connectivity index (χ0) is 9.68. The van der Waals surface area contributed by atoms with Gasteiger partial charge in [-0.05, 0) is 13.3 Å². The minimum absolute atomic E-state index is 0.0279. The summed E-state index contributed by atoms with van der Waals surface area (Å²) in [7, 11) is 0. The van der Waals surface area contributed by atoms with Crippen LogP contribution in [0.2, 0.25) is 0 Å². The van der Waals surface area contributed by atoms with Crippen LogP contribution in [0.4, 0.5) is 0 Å². The van der Waals surface area contributed by atoms with Crippen molar-refractivity contribution in [2.24, 2.45) is 0 Å². The largest absolute Gasteiger partial charge is 0.352 e. The third-order valence-corrected chi connectivity index (χ3v) is 1.79. The lowest BCUT2D eigenvalue weighted by Gasteiger charge is -2.10. The number of hydrogen-bond acceptors (Lipinski definition) is 3. The summed E-state index contributed by atoms with van der Waals surface area (Å²) in [5.74, 6) is -0.0279. The number of nitrogens with one attached hydrogen (secondary N) is 1. The van der Waals surface area contributed by atoms with Gasteiger partial charge in [0.15, 0.2) is 0 Å². The van der Waals surface area contributed by atoms with Crippen molar-refractivity contribution < 1.29 is 4.79 Å². The predicted molar refractivity (Wildman–Crippen MR) is 47.9 cm³/mol. The molecule has 0 aliphatic heterocycles. The van der Waals surface area contributed by atoms with Crippen molar-refractivity contribution in [1.29, 1.82) is 0 Å². The molecule has 0 saturated heterocycles. The van der Waals surface area contributed by atoms with Gasteiger partial charge in [-0.1, -0.05) is 6.92 Å². The maximum Gasteiger partial charge on any atom is 0.242 e. The van der Waals surface area contributed by atoms with Gasteiger partial charge >= 0.3 is 0 Å². The van der Waals surface area contributed by atoms with Gasteiger partial charge in [0.05, 0.1) is 0 Å². The number of rotatable bonds is 4. The van der Waals surface area contributed by atoms with E-state index in [0.29, 0.717) is 0 Å². The Morgan fingerprint density at radius 3 is 3.00 bits per heavy atom. The molecule has 0 radical (unpaired) electrons. The van der Waals surface area contributed by atoms with E-state index in [-0.39, 0.29) is 18.5 Å². The summed E-state index contributed by atoms with van der Waals surface area (Å²) in [5.41, 5.74) is 0. The molecule has 0 bridgehead atoms. The Balaban J connectivity index is 2.34. The molecule has 0 saturated carbocycles. The van der Waals surface area contributed by atoms with Gasteiger partial charge in [0.2, 0.25) is 5.91 Å². The van der Waals surface area contributed by atoms with Gasteiger partial charge in [-0.15, -0.1) is 0 Å². The van der Waals surface area contributed by atoms with E-state index in [4.69, 9.17) is 0 Å². The van der Waals surface area contributed by atoms with Crippen LogP contribution in [0.5, 0.6) is 0 Å². The SMILES string of the molecule is CCC(C)NC(=O)Cn1cncn1. The van der Waals surface area contributed by atoms with Gasteiger partial charge in [0.25, 0.3) is 0 Å². The molecule has 0 aromatic carbocycles. The number of hydrogen-bond donors (Lipinski definition) is 1. The first kappa shape index (κ1) is 9.70. The smallest absolute Gasteiger partial charge is 0.242 e. The summed E-state index contributed by atoms with van der Waals surface area (Å²) in [6, 6.07) is 0.219. The van der Waals surface area contributed by atoms with Gasteiger partial charge in [0.1, 0.15) is 19.2 Å². The molecule has 13 heavy (non-hydrogen) atoms. The van der Waals surface area contributed by atoms with Crippen molar-refractivity contribution in [1.82, 2.24) is 20.1 Å². The fraction of sp³-hybridized carbons (Fsp3) is 0.625. The molecule has 1 rings (SSSR count). The fourth-order valence-electron chi connectivity index (χ4n) is 0.884. The third kappa shape index (κ3) is 3.23. The Kier molecular flexibility index (Phi) is 3.42. The van der Waals surface area contributed by atoms with E-state index >= 15 is 0 Å². The maximum absolute atomic E-state index is 11.3. The van der Waals surface area contributed by atoms with Crippen LogP contribution in [0.15, 0.2) is 12.7 Å². The molecule has 0 fully saturated rings. The highest BCUT2D eigenvalue weighted by molar-refractivity contribution is 5.75. The van der Waals surface area contributed by atoms with Crippen molar-refractivity contribution in [2.75, 3.05) is 0 Å². The Morgan fingerprint density at radius 2 is 2.46 bits per heavy atom. The second kappa shape index (κ2) is 4.59. The van der Waals surface area contributed by atoms with Crippen LogP contribution >= 0.6 is 0 Å². The van der Waals surface area contributed by atoms with Crippen LogP contribution in [-0.4, -0.2) is 26.7 Å². The lowest BCUT2D eigenvalue weighted by molar-refractivity contribution is -0.122. The molecule has 1 amide bonds. The summed E-state index contributed by atoms with van der Waals surface area (Å²) in [6.07, 6.45) is 3.87. The minimum atomic E-state index is -0.0279. The summed E-state index contributed by atoms with van der Waals surface area (Å²) in [6.45, 7) is 4.24. The van der Waals surface area contributed by atoms with Crippen LogP contribution in [0.25, 0.3) is 0 Å². The summed E-state index contributed by atoms with van der Waals surface area (Å²) >= 11 is 0. The standard InChI is InChI=1S/C8H14N4O/c1-3-7(2)11-8(13)4-12-6-9-5-10-12/h5-7H,3-4H2,1-2H3,(H,11,13). The third-order valence-electron chi connectivity index (χ3n) is 1.79. The highest BCUT2D eigenvalue weighted by atomic mass is 16.2. The zero-order valence-electron chi connectivity index (χ0n) is 7.90. The highest BCUT2D eigenvalue weighted by Gasteiger charge is 2.05. The lowest BCUT2D eigenvalue weighted by Crippen LogP contribution is -2.34. The number of nitrogens with zero attached hydrogens (tertiary/aromatic N) is 3. The molecule has 1 aromatic rings. The van der Waals surface area contributed by atoms with E-state index in [1.807, 2.05) is 13.8 Å². The Morgan fingerprint density at radius 1 is 1.69 bits per heavy atom. The highest BCUT2D eigenvalue weighted by Crippen LogP contribution is 1.88. The molecule has 0 spiro atoms. The Bertz CT molecular complexity index is 257. The van der Waals surface area contributed by atoms with Gasteiger partial charge in [0, 0.05) is 6.04 Å². The average molecular weight is 182 g/mol. The summed E-state index contributed by atoms with van der Waals surface area (Å²) in [5, 5.41) is 6.67. The maximum atomic E-state index is 11.3. The van der Waals surface area contributed by atoms with E-state index < -0.39 is 0 Å². The quantitative estimate of drug-likeness (QED) is 0.723. The zero-order valence-corrected chi connectivity index (χ0v) is 7.90. The van der Waals surface area contributed by atoms with Crippen molar-refractivity contribution in [2.45, 2.75) is 32.9 Å². The molecule has 1 heterocycles. The van der Waals surface area contributed by atoms with E-state index in [0.717, 1.165) is 6.42 Å². The van der Waals surface area contributed by atoms with Crippen LogP contribution < -0.4 is 5.32 Å². The summed E-state index contributed by atoms with van der Waals surface area (Å²) in [4.78, 5) is 15.0. The van der Waals surface area contributed by atoms with E-state index in [1.165, 1.54) is 17.3 Å². The molecule has 0 aliphatic carbocycles. The van der Waals surface area contributed by atoms with Gasteiger partial charge in [-0.3, -0.25) is 4.79 Å². The molecule has 5 heteroatoms. The first-order chi connectivity index (χ1) is 6.22. The number of amides is 1. The van der Waals surface area contributed by atoms with Gasteiger partial charge in [-0.25, -0.2) is 9.67 Å². The van der Waals surface area contributed by atoms with E-state index in [2.05, 4.69) is 15.4 Å². The number of carbonyl (C=O) groups is 1. The Labute approximate surface area is 77.2 Å². The first-order valence-electron chi connectivity index (χ1n) is 4.34. The van der Waals surface area contributed by atoms with Crippen LogP contribution in [-0.2, 0) is 11.3 Å². The second-order valence-electron chi connectivity index (χ2n) is 2.97. The van der Waals surface area contributed by atoms with Crippen LogP contribution in [0.1, 0.15) is 20.3 Å². The van der Waals surface area contributed by atoms with Crippen molar-refractivity contribution >= 4 is 5.91 Å². The monoisotopic (exact) mass is 182 g/mol. The molecule has 1 aromatic heterocycles. The van der Waals surface area contributed by atoms with Gasteiger partial charge in [-0.2, -0.15) is 5.10 Å². The predicted octanol–water partition coefficient (Wildman–Crippen LogP) is 0.193. The minimum Gasteiger partial charge on any atom is -0.352 e. The molecule has 5 nitrogen and oxygen atoms in total. The fourth-order valence-corrected chi connectivity index (χ4v) is 0.884. The molecule has 1 atom stereocenters. The van der Waals surface area contributed by atoms with Crippen LogP contribution in [0.3, 0.4) is 0 Å². The molecular weight excluding hydrogens is 168 g/mol. The molecule has 0 aliphatic rings. The van der Waals surface area contributed by atoms with E-state index in [9.17, 15) is 4.79 Å². The average Bonchev–Trinajstić information content (AvgIpc) is 2.56. The normalized spacial score (nSPS) is 12.5. The second-order valence-corrected chi connectivity index (χ2v) is 2.97. The van der Waals surface area contributed by atoms with Gasteiger partial charge < -0.3 is 5.32 Å². The van der Waals surface area contributed by atoms with Crippen molar-refractivity contribution in [3.05, 3.63) is 12.7 Å². The van der Waals surface area contributed by atoms with Crippen LogP contribution in [0, 0.1) is 0 Å². The number of aromatic nitrogens is 3. The number of carbonyl (C=O) groups excluding carboxylic acids is 1. The molecular formula is C8H14N4O. The molecule has 1 N–H and O–H groups in total. The van der Waals surface area contributed by atoms with Crippen molar-refractivity contribution in [3.63, 3.8) is 0 Å². The lowest BCUT2D eigenvalue weighted by atomic mass is 10.2. The van der Waals surface area contributed by atoms with Crippen molar-refractivity contribution in [3.8, 4) is 0 Å². The topological polar surface area (TPSA) is 59.8 Å². The molecule has 1 unspecified atom stereocenters. The van der Waals surface area contributed by atoms with E-state index in [1.54, 1.807) is 0 Å². The Hall–Kier alpha value is -1.39.